The second-order valence-corrected chi connectivity index (χ2v) is 7.08. The zero-order valence-electron chi connectivity index (χ0n) is 15.7. The van der Waals surface area contributed by atoms with Crippen LogP contribution in [0.2, 0.25) is 0 Å². The van der Waals surface area contributed by atoms with Gasteiger partial charge in [0.25, 0.3) is 5.91 Å². The van der Waals surface area contributed by atoms with E-state index in [0.29, 0.717) is 24.0 Å². The molecule has 1 aliphatic heterocycles. The maximum Gasteiger partial charge on any atom is 0.251 e. The number of nitrogens with one attached hydrogen (secondary N) is 3. The van der Waals surface area contributed by atoms with Crippen LogP contribution in [0.25, 0.3) is 22.5 Å². The standard InChI is InChI=1S/C21H24N6O/c28-21(23-14-12-19-3-1-2-13-22-19)18-10-6-16(7-11-18)15-4-8-17(9-5-15)20-24-26-27-25-20/h4-11,19,22H,1-3,12-14H2,(H,23,28)(H,24,25,26,27)/t19-/m0/s1. The highest BCUT2D eigenvalue weighted by Gasteiger charge is 2.13. The molecule has 144 valence electrons. The van der Waals surface area contributed by atoms with Gasteiger partial charge >= 0.3 is 0 Å². The van der Waals surface area contributed by atoms with Gasteiger partial charge in [0.2, 0.25) is 5.82 Å². The minimum Gasteiger partial charge on any atom is -0.352 e. The van der Waals surface area contributed by atoms with Crippen LogP contribution in [0.1, 0.15) is 36.0 Å². The summed E-state index contributed by atoms with van der Waals surface area (Å²) in [5.41, 5.74) is 3.72. The Labute approximate surface area is 163 Å². The number of hydrogen-bond donors (Lipinski definition) is 3. The van der Waals surface area contributed by atoms with Crippen LogP contribution < -0.4 is 10.6 Å². The van der Waals surface area contributed by atoms with Crippen LogP contribution in [0.3, 0.4) is 0 Å². The average molecular weight is 376 g/mol. The molecule has 1 amide bonds. The van der Waals surface area contributed by atoms with Gasteiger partial charge in [-0.3, -0.25) is 4.79 Å². The van der Waals surface area contributed by atoms with E-state index in [2.05, 4.69) is 31.3 Å². The zero-order chi connectivity index (χ0) is 19.2. The summed E-state index contributed by atoms with van der Waals surface area (Å²) in [6, 6.07) is 16.2. The topological polar surface area (TPSA) is 95.6 Å². The van der Waals surface area contributed by atoms with E-state index in [9.17, 15) is 4.79 Å². The fourth-order valence-corrected chi connectivity index (χ4v) is 3.54. The summed E-state index contributed by atoms with van der Waals surface area (Å²) >= 11 is 0. The van der Waals surface area contributed by atoms with Crippen LogP contribution in [0.5, 0.6) is 0 Å². The number of amides is 1. The van der Waals surface area contributed by atoms with Gasteiger partial charge in [0, 0.05) is 23.7 Å². The van der Waals surface area contributed by atoms with Crippen molar-refractivity contribution in [2.45, 2.75) is 31.7 Å². The van der Waals surface area contributed by atoms with Gasteiger partial charge in [-0.15, -0.1) is 10.2 Å². The van der Waals surface area contributed by atoms with Gasteiger partial charge in [-0.1, -0.05) is 42.8 Å². The van der Waals surface area contributed by atoms with Crippen molar-refractivity contribution in [1.29, 1.82) is 0 Å². The lowest BCUT2D eigenvalue weighted by atomic mass is 10.0. The lowest BCUT2D eigenvalue weighted by molar-refractivity contribution is 0.0951. The minimum atomic E-state index is -0.0187. The first-order valence-corrected chi connectivity index (χ1v) is 9.75. The summed E-state index contributed by atoms with van der Waals surface area (Å²) in [4.78, 5) is 12.4. The molecule has 2 heterocycles. The molecule has 0 aliphatic carbocycles. The monoisotopic (exact) mass is 376 g/mol. The lowest BCUT2D eigenvalue weighted by Gasteiger charge is -2.23. The summed E-state index contributed by atoms with van der Waals surface area (Å²) in [6.07, 6.45) is 4.73. The molecule has 0 saturated carbocycles. The highest BCUT2D eigenvalue weighted by atomic mass is 16.1. The van der Waals surface area contributed by atoms with E-state index in [4.69, 9.17) is 0 Å². The van der Waals surface area contributed by atoms with E-state index in [1.54, 1.807) is 0 Å². The lowest BCUT2D eigenvalue weighted by Crippen LogP contribution is -2.37. The molecule has 1 atom stereocenters. The molecular weight excluding hydrogens is 352 g/mol. The molecule has 0 unspecified atom stereocenters. The van der Waals surface area contributed by atoms with E-state index < -0.39 is 0 Å². The van der Waals surface area contributed by atoms with Gasteiger partial charge in [-0.25, -0.2) is 0 Å². The Morgan fingerprint density at radius 1 is 1.00 bits per heavy atom. The smallest absolute Gasteiger partial charge is 0.251 e. The number of hydrogen-bond acceptors (Lipinski definition) is 5. The Hall–Kier alpha value is -3.06. The molecule has 1 aromatic heterocycles. The molecule has 2 aromatic carbocycles. The van der Waals surface area contributed by atoms with Gasteiger partial charge in [-0.2, -0.15) is 5.21 Å². The summed E-state index contributed by atoms with van der Waals surface area (Å²) in [6.45, 7) is 1.80. The predicted octanol–water partition coefficient (Wildman–Crippen LogP) is 2.80. The van der Waals surface area contributed by atoms with Gasteiger partial charge in [-0.05, 0) is 54.3 Å². The number of carbonyl (C=O) groups is 1. The van der Waals surface area contributed by atoms with Crippen molar-refractivity contribution in [2.75, 3.05) is 13.1 Å². The van der Waals surface area contributed by atoms with Crippen LogP contribution in [0.15, 0.2) is 48.5 Å². The first kappa shape index (κ1) is 18.3. The second-order valence-electron chi connectivity index (χ2n) is 7.08. The Kier molecular flexibility index (Phi) is 5.72. The van der Waals surface area contributed by atoms with Gasteiger partial charge < -0.3 is 10.6 Å². The number of nitrogens with zero attached hydrogens (tertiary/aromatic N) is 3. The number of aromatic nitrogens is 4. The molecule has 0 spiro atoms. The Morgan fingerprint density at radius 3 is 2.36 bits per heavy atom. The second kappa shape index (κ2) is 8.75. The van der Waals surface area contributed by atoms with Gasteiger partial charge in [0.15, 0.2) is 0 Å². The summed E-state index contributed by atoms with van der Waals surface area (Å²) in [5, 5.41) is 20.5. The first-order valence-electron chi connectivity index (χ1n) is 9.75. The maximum atomic E-state index is 12.4. The number of H-pyrrole nitrogens is 1. The van der Waals surface area contributed by atoms with Crippen molar-refractivity contribution in [3.8, 4) is 22.5 Å². The number of tetrazole rings is 1. The van der Waals surface area contributed by atoms with E-state index in [1.165, 1.54) is 19.3 Å². The largest absolute Gasteiger partial charge is 0.352 e. The van der Waals surface area contributed by atoms with Gasteiger partial charge in [0.05, 0.1) is 0 Å². The van der Waals surface area contributed by atoms with Crippen LogP contribution in [-0.4, -0.2) is 45.7 Å². The van der Waals surface area contributed by atoms with E-state index in [1.807, 2.05) is 48.5 Å². The van der Waals surface area contributed by atoms with Crippen molar-refractivity contribution in [3.63, 3.8) is 0 Å². The molecule has 1 aliphatic rings. The molecule has 7 nitrogen and oxygen atoms in total. The number of rotatable bonds is 6. The molecular formula is C21H24N6O. The van der Waals surface area contributed by atoms with Crippen molar-refractivity contribution in [2.24, 2.45) is 0 Å². The fourth-order valence-electron chi connectivity index (χ4n) is 3.54. The Morgan fingerprint density at radius 2 is 1.71 bits per heavy atom. The van der Waals surface area contributed by atoms with E-state index in [0.717, 1.165) is 29.7 Å². The first-order chi connectivity index (χ1) is 13.8. The summed E-state index contributed by atoms with van der Waals surface area (Å²) in [7, 11) is 0. The molecule has 3 N–H and O–H groups in total. The third kappa shape index (κ3) is 4.43. The maximum absolute atomic E-state index is 12.4. The van der Waals surface area contributed by atoms with Crippen molar-refractivity contribution in [3.05, 3.63) is 54.1 Å². The van der Waals surface area contributed by atoms with Gasteiger partial charge in [0.1, 0.15) is 0 Å². The molecule has 3 aromatic rings. The molecule has 0 bridgehead atoms. The Bertz CT molecular complexity index is 884. The quantitative estimate of drug-likeness (QED) is 0.615. The van der Waals surface area contributed by atoms with Crippen LogP contribution in [-0.2, 0) is 0 Å². The molecule has 1 saturated heterocycles. The normalized spacial score (nSPS) is 16.6. The molecule has 1 fully saturated rings. The minimum absolute atomic E-state index is 0.0187. The average Bonchev–Trinajstić information content (AvgIpc) is 3.30. The Balaban J connectivity index is 1.33. The molecule has 4 rings (SSSR count). The summed E-state index contributed by atoms with van der Waals surface area (Å²) < 4.78 is 0. The van der Waals surface area contributed by atoms with E-state index >= 15 is 0 Å². The molecule has 0 radical (unpaired) electrons. The van der Waals surface area contributed by atoms with Crippen molar-refractivity contribution < 1.29 is 4.79 Å². The third-order valence-electron chi connectivity index (χ3n) is 5.16. The predicted molar refractivity (Wildman–Crippen MR) is 108 cm³/mol. The SMILES string of the molecule is O=C(NCC[C@@H]1CCCCN1)c1ccc(-c2ccc(-c3nn[nH]n3)cc2)cc1. The number of benzene rings is 2. The molecule has 28 heavy (non-hydrogen) atoms. The number of aromatic amines is 1. The van der Waals surface area contributed by atoms with Crippen LogP contribution in [0, 0.1) is 0 Å². The van der Waals surface area contributed by atoms with Crippen LogP contribution in [0.4, 0.5) is 0 Å². The highest BCUT2D eigenvalue weighted by molar-refractivity contribution is 5.94. The van der Waals surface area contributed by atoms with Crippen molar-refractivity contribution >= 4 is 5.91 Å². The fraction of sp³-hybridized carbons (Fsp3) is 0.333. The number of piperidine rings is 1. The zero-order valence-corrected chi connectivity index (χ0v) is 15.7. The highest BCUT2D eigenvalue weighted by Crippen LogP contribution is 2.23. The number of carbonyl (C=O) groups excluding carboxylic acids is 1. The summed E-state index contributed by atoms with van der Waals surface area (Å²) in [5.74, 6) is 0.553. The third-order valence-corrected chi connectivity index (χ3v) is 5.16. The van der Waals surface area contributed by atoms with Crippen molar-refractivity contribution in [1.82, 2.24) is 31.3 Å². The van der Waals surface area contributed by atoms with Crippen LogP contribution >= 0.6 is 0 Å². The van der Waals surface area contributed by atoms with E-state index in [-0.39, 0.29) is 5.91 Å². The molecule has 7 heteroatoms.